The van der Waals surface area contributed by atoms with Crippen LogP contribution in [-0.4, -0.2) is 33.5 Å². The minimum absolute atomic E-state index is 0.150. The number of benzene rings is 2. The Bertz CT molecular complexity index is 648. The molecular formula is C19H25N3O2. The molecule has 1 heterocycles. The van der Waals surface area contributed by atoms with Crippen molar-refractivity contribution in [3.05, 3.63) is 59.7 Å². The Morgan fingerprint density at radius 3 is 2.54 bits per heavy atom. The van der Waals surface area contributed by atoms with Crippen LogP contribution in [0.2, 0.25) is 0 Å². The first-order valence-corrected chi connectivity index (χ1v) is 8.28. The van der Waals surface area contributed by atoms with E-state index in [1.165, 1.54) is 5.56 Å². The van der Waals surface area contributed by atoms with Crippen molar-refractivity contribution in [1.82, 2.24) is 16.0 Å². The Morgan fingerprint density at radius 1 is 1.00 bits per heavy atom. The number of rotatable bonds is 6. The summed E-state index contributed by atoms with van der Waals surface area (Å²) in [4.78, 5) is 0. The molecule has 5 nitrogen and oxygen atoms in total. The molecule has 24 heavy (non-hydrogen) atoms. The van der Waals surface area contributed by atoms with Gasteiger partial charge in [-0.3, -0.25) is 10.6 Å². The monoisotopic (exact) mass is 327 g/mol. The van der Waals surface area contributed by atoms with Crippen LogP contribution in [0.15, 0.2) is 48.5 Å². The van der Waals surface area contributed by atoms with Gasteiger partial charge < -0.3 is 14.8 Å². The summed E-state index contributed by atoms with van der Waals surface area (Å²) in [6.07, 6.45) is 0.150. The third kappa shape index (κ3) is 3.87. The van der Waals surface area contributed by atoms with Gasteiger partial charge in [0.2, 0.25) is 0 Å². The molecule has 2 atom stereocenters. The first-order valence-electron chi connectivity index (χ1n) is 8.28. The fourth-order valence-corrected chi connectivity index (χ4v) is 3.09. The lowest BCUT2D eigenvalue weighted by atomic mass is 10.0. The minimum Gasteiger partial charge on any atom is -0.497 e. The zero-order chi connectivity index (χ0) is 16.8. The van der Waals surface area contributed by atoms with Gasteiger partial charge in [-0.1, -0.05) is 30.3 Å². The van der Waals surface area contributed by atoms with Crippen LogP contribution in [0.1, 0.15) is 17.2 Å². The average molecular weight is 327 g/mol. The van der Waals surface area contributed by atoms with Gasteiger partial charge in [-0.2, -0.15) is 0 Å². The zero-order valence-corrected chi connectivity index (χ0v) is 14.2. The van der Waals surface area contributed by atoms with E-state index in [1.54, 1.807) is 14.2 Å². The van der Waals surface area contributed by atoms with E-state index in [4.69, 9.17) is 9.47 Å². The van der Waals surface area contributed by atoms with Crippen LogP contribution >= 0.6 is 0 Å². The van der Waals surface area contributed by atoms with Gasteiger partial charge in [0.1, 0.15) is 11.5 Å². The predicted octanol–water partition coefficient (Wildman–Crippen LogP) is 2.05. The molecular weight excluding hydrogens is 302 g/mol. The molecule has 3 rings (SSSR count). The molecule has 0 unspecified atom stereocenters. The summed E-state index contributed by atoms with van der Waals surface area (Å²) in [6, 6.07) is 16.6. The maximum absolute atomic E-state index is 5.46. The molecule has 0 bridgehead atoms. The van der Waals surface area contributed by atoms with Crippen molar-refractivity contribution in [3.8, 4) is 11.5 Å². The molecule has 0 saturated carbocycles. The maximum Gasteiger partial charge on any atom is 0.123 e. The van der Waals surface area contributed by atoms with E-state index in [-0.39, 0.29) is 12.2 Å². The number of hydrogen-bond acceptors (Lipinski definition) is 5. The Labute approximate surface area is 143 Å². The zero-order valence-electron chi connectivity index (χ0n) is 14.2. The number of methoxy groups -OCH3 is 2. The topological polar surface area (TPSA) is 54.6 Å². The highest BCUT2D eigenvalue weighted by Crippen LogP contribution is 2.24. The van der Waals surface area contributed by atoms with Gasteiger partial charge in [0.15, 0.2) is 0 Å². The molecule has 0 amide bonds. The van der Waals surface area contributed by atoms with E-state index >= 15 is 0 Å². The van der Waals surface area contributed by atoms with E-state index in [0.717, 1.165) is 30.2 Å². The summed E-state index contributed by atoms with van der Waals surface area (Å²) in [7, 11) is 3.37. The van der Waals surface area contributed by atoms with Crippen molar-refractivity contribution in [2.75, 3.05) is 27.3 Å². The maximum atomic E-state index is 5.46. The Balaban J connectivity index is 1.72. The highest BCUT2D eigenvalue weighted by Gasteiger charge is 2.25. The predicted molar refractivity (Wildman–Crippen MR) is 95.4 cm³/mol. The van der Waals surface area contributed by atoms with Crippen LogP contribution in [0.5, 0.6) is 11.5 Å². The van der Waals surface area contributed by atoms with Crippen LogP contribution in [-0.2, 0) is 6.54 Å². The fraction of sp³-hybridized carbons (Fsp3) is 0.368. The van der Waals surface area contributed by atoms with E-state index < -0.39 is 0 Å². The molecule has 1 saturated heterocycles. The lowest BCUT2D eigenvalue weighted by molar-refractivity contribution is 0.278. The second kappa shape index (κ2) is 8.15. The molecule has 0 spiro atoms. The fourth-order valence-electron chi connectivity index (χ4n) is 3.09. The van der Waals surface area contributed by atoms with Gasteiger partial charge in [-0.05, 0) is 23.8 Å². The van der Waals surface area contributed by atoms with Crippen molar-refractivity contribution in [2.45, 2.75) is 18.8 Å². The van der Waals surface area contributed by atoms with Crippen molar-refractivity contribution >= 4 is 0 Å². The quantitative estimate of drug-likeness (QED) is 0.758. The van der Waals surface area contributed by atoms with Crippen molar-refractivity contribution < 1.29 is 9.47 Å². The molecule has 5 heteroatoms. The van der Waals surface area contributed by atoms with Gasteiger partial charge >= 0.3 is 0 Å². The van der Waals surface area contributed by atoms with Gasteiger partial charge in [0.25, 0.3) is 0 Å². The van der Waals surface area contributed by atoms with Crippen molar-refractivity contribution in [3.63, 3.8) is 0 Å². The summed E-state index contributed by atoms with van der Waals surface area (Å²) >= 11 is 0. The molecule has 2 aromatic carbocycles. The molecule has 3 N–H and O–H groups in total. The lowest BCUT2D eigenvalue weighted by Gasteiger charge is -2.35. The van der Waals surface area contributed by atoms with Crippen LogP contribution in [0, 0.1) is 0 Å². The summed E-state index contributed by atoms with van der Waals surface area (Å²) in [5, 5.41) is 10.8. The number of piperazine rings is 1. The van der Waals surface area contributed by atoms with E-state index in [2.05, 4.69) is 40.2 Å². The molecule has 128 valence electrons. The highest BCUT2D eigenvalue weighted by atomic mass is 16.5. The van der Waals surface area contributed by atoms with E-state index in [0.29, 0.717) is 6.54 Å². The summed E-state index contributed by atoms with van der Waals surface area (Å²) in [5.41, 5.74) is 2.36. The van der Waals surface area contributed by atoms with Gasteiger partial charge in [0.05, 0.1) is 26.4 Å². The number of ether oxygens (including phenoxy) is 2. The smallest absolute Gasteiger partial charge is 0.123 e. The van der Waals surface area contributed by atoms with Crippen LogP contribution < -0.4 is 25.4 Å². The third-order valence-electron chi connectivity index (χ3n) is 4.35. The Hall–Kier alpha value is -2.08. The van der Waals surface area contributed by atoms with E-state index in [9.17, 15) is 0 Å². The molecule has 1 fully saturated rings. The molecule has 2 aromatic rings. The highest BCUT2D eigenvalue weighted by molar-refractivity contribution is 5.40. The first kappa shape index (κ1) is 16.8. The Morgan fingerprint density at radius 2 is 1.79 bits per heavy atom. The van der Waals surface area contributed by atoms with Gasteiger partial charge in [-0.15, -0.1) is 0 Å². The molecule has 0 aromatic heterocycles. The molecule has 0 aliphatic carbocycles. The average Bonchev–Trinajstić information content (AvgIpc) is 2.67. The van der Waals surface area contributed by atoms with Crippen LogP contribution in [0.3, 0.4) is 0 Å². The second-order valence-electron chi connectivity index (χ2n) is 5.83. The van der Waals surface area contributed by atoms with Crippen molar-refractivity contribution in [2.24, 2.45) is 0 Å². The van der Waals surface area contributed by atoms with Crippen molar-refractivity contribution in [1.29, 1.82) is 0 Å². The summed E-state index contributed by atoms with van der Waals surface area (Å²) < 4.78 is 10.8. The standard InChI is InChI=1S/C19H25N3O2/c1-23-16-8-9-17(24-2)15(12-16)13-22-19-18(20-10-11-21-19)14-6-4-3-5-7-14/h3-9,12,18-22H,10-11,13H2,1-2H3/t18-,19+/m0/s1. The summed E-state index contributed by atoms with van der Waals surface area (Å²) in [5.74, 6) is 1.70. The molecule has 0 radical (unpaired) electrons. The second-order valence-corrected chi connectivity index (χ2v) is 5.83. The summed E-state index contributed by atoms with van der Waals surface area (Å²) in [6.45, 7) is 2.60. The number of nitrogens with one attached hydrogen (secondary N) is 3. The van der Waals surface area contributed by atoms with Crippen LogP contribution in [0.25, 0.3) is 0 Å². The third-order valence-corrected chi connectivity index (χ3v) is 4.35. The molecule has 1 aliphatic heterocycles. The number of hydrogen-bond donors (Lipinski definition) is 3. The SMILES string of the molecule is COc1ccc(OC)c(CN[C@H]2NCCN[C@H]2c2ccccc2)c1. The first-order chi connectivity index (χ1) is 11.8. The minimum atomic E-state index is 0.150. The van der Waals surface area contributed by atoms with Gasteiger partial charge in [0, 0.05) is 25.2 Å². The van der Waals surface area contributed by atoms with Crippen LogP contribution in [0.4, 0.5) is 0 Å². The van der Waals surface area contributed by atoms with E-state index in [1.807, 2.05) is 24.3 Å². The lowest BCUT2D eigenvalue weighted by Crippen LogP contribution is -2.57. The Kier molecular flexibility index (Phi) is 5.69. The normalized spacial score (nSPS) is 20.6. The van der Waals surface area contributed by atoms with Gasteiger partial charge in [-0.25, -0.2) is 0 Å². The largest absolute Gasteiger partial charge is 0.497 e. The molecule has 1 aliphatic rings.